The normalized spacial score (nSPS) is 18.7. The highest BCUT2D eigenvalue weighted by molar-refractivity contribution is 6.05. The van der Waals surface area contributed by atoms with Gasteiger partial charge in [-0.1, -0.05) is 35.5 Å². The Morgan fingerprint density at radius 3 is 2.73 bits per heavy atom. The van der Waals surface area contributed by atoms with Crippen molar-refractivity contribution in [1.82, 2.24) is 5.43 Å². The average Bonchev–Trinajstić information content (AvgIpc) is 3.09. The molecule has 26 heavy (non-hydrogen) atoms. The van der Waals surface area contributed by atoms with Gasteiger partial charge in [0.1, 0.15) is 6.61 Å². The molecule has 0 fully saturated rings. The lowest BCUT2D eigenvalue weighted by molar-refractivity contribution is -0.141. The van der Waals surface area contributed by atoms with Crippen molar-refractivity contribution in [3.63, 3.8) is 0 Å². The predicted molar refractivity (Wildman–Crippen MR) is 96.7 cm³/mol. The van der Waals surface area contributed by atoms with Crippen molar-refractivity contribution in [2.75, 3.05) is 7.11 Å². The standard InChI is InChI=1S/C19H21N3O4/c1-19(18(23)21-20)11-15(22-26-19)14-8-9-16(24-2)17(10-14)25-12-13-6-4-3-5-7-13/h3-10H,11-12,20H2,1-2H3,(H,21,23). The second kappa shape index (κ2) is 7.45. The highest BCUT2D eigenvalue weighted by atomic mass is 16.7. The highest BCUT2D eigenvalue weighted by Crippen LogP contribution is 2.32. The number of carbonyl (C=O) groups is 1. The molecule has 1 heterocycles. The fraction of sp³-hybridized carbons (Fsp3) is 0.263. The van der Waals surface area contributed by atoms with Gasteiger partial charge in [-0.2, -0.15) is 0 Å². The van der Waals surface area contributed by atoms with Crippen molar-refractivity contribution in [1.29, 1.82) is 0 Å². The van der Waals surface area contributed by atoms with Crippen LogP contribution in [0.3, 0.4) is 0 Å². The molecule has 1 atom stereocenters. The van der Waals surface area contributed by atoms with Gasteiger partial charge in [0.2, 0.25) is 5.60 Å². The monoisotopic (exact) mass is 355 g/mol. The van der Waals surface area contributed by atoms with Crippen molar-refractivity contribution >= 4 is 11.6 Å². The summed E-state index contributed by atoms with van der Waals surface area (Å²) in [5.74, 6) is 5.99. The number of nitrogens with one attached hydrogen (secondary N) is 1. The van der Waals surface area contributed by atoms with Crippen LogP contribution in [0.5, 0.6) is 11.5 Å². The molecule has 0 aromatic heterocycles. The van der Waals surface area contributed by atoms with Gasteiger partial charge in [-0.25, -0.2) is 5.84 Å². The third-order valence-electron chi connectivity index (χ3n) is 4.21. The Kier molecular flexibility index (Phi) is 5.09. The molecule has 1 aliphatic rings. The quantitative estimate of drug-likeness (QED) is 0.470. The molecule has 2 aromatic rings. The van der Waals surface area contributed by atoms with Crippen molar-refractivity contribution < 1.29 is 19.1 Å². The Morgan fingerprint density at radius 2 is 2.04 bits per heavy atom. The van der Waals surface area contributed by atoms with Crippen LogP contribution in [0.25, 0.3) is 0 Å². The molecule has 1 aliphatic heterocycles. The predicted octanol–water partition coefficient (Wildman–Crippen LogP) is 2.15. The molecule has 2 aromatic carbocycles. The number of methoxy groups -OCH3 is 1. The number of benzene rings is 2. The third-order valence-corrected chi connectivity index (χ3v) is 4.21. The van der Waals surface area contributed by atoms with E-state index in [0.717, 1.165) is 11.1 Å². The first-order chi connectivity index (χ1) is 12.6. The zero-order valence-electron chi connectivity index (χ0n) is 14.7. The van der Waals surface area contributed by atoms with Crippen LogP contribution >= 0.6 is 0 Å². The van der Waals surface area contributed by atoms with Gasteiger partial charge in [-0.15, -0.1) is 0 Å². The number of rotatable bonds is 6. The zero-order chi connectivity index (χ0) is 18.6. The van der Waals surface area contributed by atoms with E-state index in [2.05, 4.69) is 10.6 Å². The number of carbonyl (C=O) groups excluding carboxylic acids is 1. The van der Waals surface area contributed by atoms with Gasteiger partial charge in [-0.05, 0) is 30.7 Å². The fourth-order valence-electron chi connectivity index (χ4n) is 2.67. The van der Waals surface area contributed by atoms with Crippen molar-refractivity contribution in [3.05, 3.63) is 59.7 Å². The molecule has 0 bridgehead atoms. The van der Waals surface area contributed by atoms with Gasteiger partial charge in [-0.3, -0.25) is 10.2 Å². The third kappa shape index (κ3) is 3.62. The van der Waals surface area contributed by atoms with Gasteiger partial charge in [0.25, 0.3) is 5.91 Å². The Bertz CT molecular complexity index is 823. The van der Waals surface area contributed by atoms with E-state index in [9.17, 15) is 4.79 Å². The number of hydrogen-bond donors (Lipinski definition) is 2. The summed E-state index contributed by atoms with van der Waals surface area (Å²) in [5.41, 5.74) is 3.48. The number of oxime groups is 1. The topological polar surface area (TPSA) is 95.2 Å². The molecule has 0 aliphatic carbocycles. The molecule has 0 saturated heterocycles. The van der Waals surface area contributed by atoms with E-state index < -0.39 is 11.5 Å². The number of amides is 1. The minimum atomic E-state index is -1.12. The summed E-state index contributed by atoms with van der Waals surface area (Å²) in [6.45, 7) is 2.05. The second-order valence-corrected chi connectivity index (χ2v) is 6.15. The second-order valence-electron chi connectivity index (χ2n) is 6.15. The molecule has 0 saturated carbocycles. The molecule has 3 rings (SSSR count). The fourth-order valence-corrected chi connectivity index (χ4v) is 2.67. The molecular formula is C19H21N3O4. The van der Waals surface area contributed by atoms with Crippen molar-refractivity contribution in [3.8, 4) is 11.5 Å². The van der Waals surface area contributed by atoms with Gasteiger partial charge in [0.15, 0.2) is 11.5 Å². The van der Waals surface area contributed by atoms with Crippen LogP contribution in [0, 0.1) is 0 Å². The van der Waals surface area contributed by atoms with Gasteiger partial charge in [0, 0.05) is 12.0 Å². The van der Waals surface area contributed by atoms with E-state index >= 15 is 0 Å². The van der Waals surface area contributed by atoms with Crippen LogP contribution in [0.2, 0.25) is 0 Å². The summed E-state index contributed by atoms with van der Waals surface area (Å²) in [6, 6.07) is 15.3. The maximum atomic E-state index is 11.9. The summed E-state index contributed by atoms with van der Waals surface area (Å²) in [5, 5.41) is 4.05. The first-order valence-corrected chi connectivity index (χ1v) is 8.17. The summed E-state index contributed by atoms with van der Waals surface area (Å²) in [4.78, 5) is 17.2. The smallest absolute Gasteiger partial charge is 0.281 e. The van der Waals surface area contributed by atoms with E-state index in [0.29, 0.717) is 30.2 Å². The lowest BCUT2D eigenvalue weighted by atomic mass is 9.95. The molecule has 3 N–H and O–H groups in total. The van der Waals surface area contributed by atoms with Crippen LogP contribution in [0.1, 0.15) is 24.5 Å². The van der Waals surface area contributed by atoms with Crippen LogP contribution < -0.4 is 20.7 Å². The van der Waals surface area contributed by atoms with Crippen molar-refractivity contribution in [2.45, 2.75) is 25.6 Å². The molecule has 1 amide bonds. The van der Waals surface area contributed by atoms with E-state index in [4.69, 9.17) is 20.2 Å². The van der Waals surface area contributed by atoms with E-state index in [1.54, 1.807) is 20.1 Å². The van der Waals surface area contributed by atoms with Crippen molar-refractivity contribution in [2.24, 2.45) is 11.0 Å². The Balaban J connectivity index is 1.78. The molecular weight excluding hydrogens is 334 g/mol. The van der Waals surface area contributed by atoms with Crippen LogP contribution in [-0.4, -0.2) is 24.3 Å². The van der Waals surface area contributed by atoms with Crippen LogP contribution in [0.15, 0.2) is 53.7 Å². The van der Waals surface area contributed by atoms with E-state index in [-0.39, 0.29) is 0 Å². The van der Waals surface area contributed by atoms with Crippen LogP contribution in [0.4, 0.5) is 0 Å². The lowest BCUT2D eigenvalue weighted by Gasteiger charge is -2.18. The maximum absolute atomic E-state index is 11.9. The average molecular weight is 355 g/mol. The number of ether oxygens (including phenoxy) is 2. The maximum Gasteiger partial charge on any atom is 0.281 e. The first kappa shape index (κ1) is 17.8. The van der Waals surface area contributed by atoms with E-state index in [1.165, 1.54) is 0 Å². The number of hydrazine groups is 1. The van der Waals surface area contributed by atoms with Gasteiger partial charge >= 0.3 is 0 Å². The van der Waals surface area contributed by atoms with E-state index in [1.807, 2.05) is 42.5 Å². The largest absolute Gasteiger partial charge is 0.493 e. The first-order valence-electron chi connectivity index (χ1n) is 8.17. The van der Waals surface area contributed by atoms with Gasteiger partial charge < -0.3 is 14.3 Å². The molecule has 7 heteroatoms. The van der Waals surface area contributed by atoms with Crippen LogP contribution in [-0.2, 0) is 16.2 Å². The molecule has 0 radical (unpaired) electrons. The molecule has 136 valence electrons. The SMILES string of the molecule is COc1ccc(C2=NOC(C)(C(=O)NN)C2)cc1OCc1ccccc1. The summed E-state index contributed by atoms with van der Waals surface area (Å²) in [7, 11) is 1.59. The zero-order valence-corrected chi connectivity index (χ0v) is 14.7. The van der Waals surface area contributed by atoms with Gasteiger partial charge in [0.05, 0.1) is 12.8 Å². The molecule has 0 spiro atoms. The molecule has 1 unspecified atom stereocenters. The summed E-state index contributed by atoms with van der Waals surface area (Å²) in [6.07, 6.45) is 0.306. The highest BCUT2D eigenvalue weighted by Gasteiger charge is 2.42. The lowest BCUT2D eigenvalue weighted by Crippen LogP contribution is -2.47. The number of nitrogens with zero attached hydrogens (tertiary/aromatic N) is 1. The number of nitrogens with two attached hydrogens (primary N) is 1. The molecule has 7 nitrogen and oxygen atoms in total. The minimum absolute atomic E-state index is 0.306. The Hall–Kier alpha value is -3.06. The Labute approximate surface area is 151 Å². The minimum Gasteiger partial charge on any atom is -0.493 e. The summed E-state index contributed by atoms with van der Waals surface area (Å²) >= 11 is 0. The Morgan fingerprint density at radius 1 is 1.27 bits per heavy atom. The number of hydrogen-bond acceptors (Lipinski definition) is 6. The summed E-state index contributed by atoms with van der Waals surface area (Å²) < 4.78 is 11.3.